The fourth-order valence-corrected chi connectivity index (χ4v) is 2.94. The van der Waals surface area contributed by atoms with Gasteiger partial charge in [0.2, 0.25) is 5.88 Å². The Bertz CT molecular complexity index is 697. The Balaban J connectivity index is 1.70. The summed E-state index contributed by atoms with van der Waals surface area (Å²) in [7, 11) is 0. The van der Waals surface area contributed by atoms with Crippen LogP contribution in [0.1, 0.15) is 23.2 Å². The Morgan fingerprint density at radius 2 is 2.17 bits per heavy atom. The van der Waals surface area contributed by atoms with Gasteiger partial charge in [-0.2, -0.15) is 0 Å². The Morgan fingerprint density at radius 1 is 1.30 bits per heavy atom. The minimum absolute atomic E-state index is 0.109. The quantitative estimate of drug-likeness (QED) is 0.849. The zero-order valence-electron chi connectivity index (χ0n) is 12.3. The Hall–Kier alpha value is -1.85. The summed E-state index contributed by atoms with van der Waals surface area (Å²) in [5.74, 6) is 0.331. The third kappa shape index (κ3) is 3.92. The van der Waals surface area contributed by atoms with E-state index in [2.05, 4.69) is 9.97 Å². The fraction of sp³-hybridized carbons (Fsp3) is 0.312. The monoisotopic (exact) mass is 351 g/mol. The SMILES string of the molecule is O=C(c1cc(Cl)ccc1Cl)N1CCCC(Oc2cnccn2)C1. The lowest BCUT2D eigenvalue weighted by molar-refractivity contribution is 0.0527. The number of hydrogen-bond donors (Lipinski definition) is 0. The average Bonchev–Trinajstić information content (AvgIpc) is 2.57. The summed E-state index contributed by atoms with van der Waals surface area (Å²) in [6.07, 6.45) is 6.34. The van der Waals surface area contributed by atoms with E-state index in [1.54, 1.807) is 41.7 Å². The van der Waals surface area contributed by atoms with Crippen molar-refractivity contribution < 1.29 is 9.53 Å². The highest BCUT2D eigenvalue weighted by Gasteiger charge is 2.27. The number of benzene rings is 1. The molecule has 1 amide bonds. The van der Waals surface area contributed by atoms with Crippen LogP contribution in [0.2, 0.25) is 10.0 Å². The topological polar surface area (TPSA) is 55.3 Å². The summed E-state index contributed by atoms with van der Waals surface area (Å²) in [6, 6.07) is 4.89. The van der Waals surface area contributed by atoms with E-state index in [1.165, 1.54) is 0 Å². The molecule has 1 atom stereocenters. The van der Waals surface area contributed by atoms with Gasteiger partial charge < -0.3 is 9.64 Å². The number of piperidine rings is 1. The number of carbonyl (C=O) groups excluding carboxylic acids is 1. The Labute approximate surface area is 144 Å². The van der Waals surface area contributed by atoms with Gasteiger partial charge in [0.25, 0.3) is 5.91 Å². The number of carbonyl (C=O) groups is 1. The molecule has 1 aliphatic rings. The van der Waals surface area contributed by atoms with Crippen molar-refractivity contribution in [2.75, 3.05) is 13.1 Å². The van der Waals surface area contributed by atoms with Gasteiger partial charge in [-0.15, -0.1) is 0 Å². The normalized spacial score (nSPS) is 17.8. The largest absolute Gasteiger partial charge is 0.471 e. The van der Waals surface area contributed by atoms with Gasteiger partial charge in [-0.25, -0.2) is 4.98 Å². The molecule has 7 heteroatoms. The molecule has 1 saturated heterocycles. The van der Waals surface area contributed by atoms with Crippen LogP contribution >= 0.6 is 23.2 Å². The fourth-order valence-electron chi connectivity index (χ4n) is 2.57. The molecule has 3 rings (SSSR count). The summed E-state index contributed by atoms with van der Waals surface area (Å²) in [6.45, 7) is 1.15. The first-order chi connectivity index (χ1) is 11.1. The van der Waals surface area contributed by atoms with E-state index < -0.39 is 0 Å². The minimum Gasteiger partial charge on any atom is -0.471 e. The highest BCUT2D eigenvalue weighted by atomic mass is 35.5. The molecule has 120 valence electrons. The number of nitrogens with zero attached hydrogens (tertiary/aromatic N) is 3. The maximum absolute atomic E-state index is 12.7. The summed E-state index contributed by atoms with van der Waals surface area (Å²) in [5.41, 5.74) is 0.416. The van der Waals surface area contributed by atoms with Crippen molar-refractivity contribution in [3.8, 4) is 5.88 Å². The molecule has 23 heavy (non-hydrogen) atoms. The van der Waals surface area contributed by atoms with Crippen LogP contribution in [0.25, 0.3) is 0 Å². The van der Waals surface area contributed by atoms with Gasteiger partial charge in [0.15, 0.2) is 0 Å². The maximum Gasteiger partial charge on any atom is 0.255 e. The van der Waals surface area contributed by atoms with Crippen molar-refractivity contribution in [2.24, 2.45) is 0 Å². The Kier molecular flexibility index (Phi) is 4.98. The van der Waals surface area contributed by atoms with Crippen LogP contribution in [-0.2, 0) is 0 Å². The summed E-state index contributed by atoms with van der Waals surface area (Å²) >= 11 is 12.1. The smallest absolute Gasteiger partial charge is 0.255 e. The summed E-state index contributed by atoms with van der Waals surface area (Å²) < 4.78 is 5.80. The summed E-state index contributed by atoms with van der Waals surface area (Å²) in [5, 5.41) is 0.887. The van der Waals surface area contributed by atoms with E-state index in [-0.39, 0.29) is 12.0 Å². The molecule has 1 aromatic heterocycles. The number of hydrogen-bond acceptors (Lipinski definition) is 4. The van der Waals surface area contributed by atoms with Gasteiger partial charge in [-0.05, 0) is 31.0 Å². The number of rotatable bonds is 3. The van der Waals surface area contributed by atoms with E-state index in [4.69, 9.17) is 27.9 Å². The number of halogens is 2. The summed E-state index contributed by atoms with van der Waals surface area (Å²) in [4.78, 5) is 22.5. The first-order valence-electron chi connectivity index (χ1n) is 7.30. The number of aromatic nitrogens is 2. The molecule has 1 aliphatic heterocycles. The molecule has 0 bridgehead atoms. The van der Waals surface area contributed by atoms with Crippen LogP contribution in [-0.4, -0.2) is 40.0 Å². The molecule has 0 saturated carbocycles. The van der Waals surface area contributed by atoms with Gasteiger partial charge in [0, 0.05) is 24.0 Å². The van der Waals surface area contributed by atoms with Gasteiger partial charge >= 0.3 is 0 Å². The van der Waals surface area contributed by atoms with Crippen molar-refractivity contribution in [3.63, 3.8) is 0 Å². The third-order valence-corrected chi connectivity index (χ3v) is 4.22. The van der Waals surface area contributed by atoms with Crippen LogP contribution < -0.4 is 4.74 Å². The zero-order chi connectivity index (χ0) is 16.2. The minimum atomic E-state index is -0.134. The molecule has 2 aromatic rings. The lowest BCUT2D eigenvalue weighted by Gasteiger charge is -2.32. The molecular formula is C16H15Cl2N3O2. The van der Waals surface area contributed by atoms with E-state index in [0.717, 1.165) is 12.8 Å². The molecule has 5 nitrogen and oxygen atoms in total. The van der Waals surface area contributed by atoms with E-state index in [0.29, 0.717) is 34.6 Å². The first kappa shape index (κ1) is 16.0. The number of ether oxygens (including phenoxy) is 1. The molecule has 1 unspecified atom stereocenters. The van der Waals surface area contributed by atoms with E-state index >= 15 is 0 Å². The Morgan fingerprint density at radius 3 is 2.96 bits per heavy atom. The first-order valence-corrected chi connectivity index (χ1v) is 8.06. The van der Waals surface area contributed by atoms with Crippen LogP contribution in [0.5, 0.6) is 5.88 Å². The van der Waals surface area contributed by atoms with E-state index in [9.17, 15) is 4.79 Å². The van der Waals surface area contributed by atoms with Gasteiger partial charge in [-0.1, -0.05) is 23.2 Å². The van der Waals surface area contributed by atoms with Gasteiger partial charge in [-0.3, -0.25) is 9.78 Å². The predicted octanol–water partition coefficient (Wildman–Crippen LogP) is 3.47. The number of amides is 1. The molecular weight excluding hydrogens is 337 g/mol. The molecule has 2 heterocycles. The van der Waals surface area contributed by atoms with Crippen LogP contribution in [0.15, 0.2) is 36.8 Å². The number of likely N-dealkylation sites (tertiary alicyclic amines) is 1. The zero-order valence-corrected chi connectivity index (χ0v) is 13.8. The lowest BCUT2D eigenvalue weighted by atomic mass is 10.1. The van der Waals surface area contributed by atoms with Crippen molar-refractivity contribution in [2.45, 2.75) is 18.9 Å². The third-order valence-electron chi connectivity index (χ3n) is 3.65. The van der Waals surface area contributed by atoms with Gasteiger partial charge in [0.1, 0.15) is 6.10 Å². The van der Waals surface area contributed by atoms with Crippen molar-refractivity contribution in [1.29, 1.82) is 0 Å². The maximum atomic E-state index is 12.7. The second kappa shape index (κ2) is 7.15. The van der Waals surface area contributed by atoms with Crippen molar-refractivity contribution in [3.05, 3.63) is 52.4 Å². The molecule has 1 fully saturated rings. The molecule has 1 aromatic carbocycles. The molecule has 0 spiro atoms. The van der Waals surface area contributed by atoms with Gasteiger partial charge in [0.05, 0.1) is 23.3 Å². The predicted molar refractivity (Wildman–Crippen MR) is 88.0 cm³/mol. The average molecular weight is 352 g/mol. The van der Waals surface area contributed by atoms with Crippen LogP contribution in [0.4, 0.5) is 0 Å². The highest BCUT2D eigenvalue weighted by molar-refractivity contribution is 6.35. The van der Waals surface area contributed by atoms with Crippen LogP contribution in [0, 0.1) is 0 Å². The second-order valence-electron chi connectivity index (χ2n) is 5.30. The van der Waals surface area contributed by atoms with Crippen molar-refractivity contribution in [1.82, 2.24) is 14.9 Å². The van der Waals surface area contributed by atoms with E-state index in [1.807, 2.05) is 0 Å². The molecule has 0 aliphatic carbocycles. The van der Waals surface area contributed by atoms with Crippen LogP contribution in [0.3, 0.4) is 0 Å². The highest BCUT2D eigenvalue weighted by Crippen LogP contribution is 2.24. The molecule has 0 N–H and O–H groups in total. The lowest BCUT2D eigenvalue weighted by Crippen LogP contribution is -2.44. The standard InChI is InChI=1S/C16H15Cl2N3O2/c17-11-3-4-14(18)13(8-11)16(22)21-7-1-2-12(10-21)23-15-9-19-5-6-20-15/h3-6,8-9,12H,1-2,7,10H2. The van der Waals surface area contributed by atoms with Crippen molar-refractivity contribution >= 4 is 29.1 Å². The second-order valence-corrected chi connectivity index (χ2v) is 6.14. The molecule has 0 radical (unpaired) electrons.